The Balaban J connectivity index is 2.68. The molecule has 0 N–H and O–H groups in total. The lowest BCUT2D eigenvalue weighted by Gasteiger charge is -2.49. The Bertz CT molecular complexity index is 825. The Morgan fingerprint density at radius 1 is 1.11 bits per heavy atom. The highest BCUT2D eigenvalue weighted by molar-refractivity contribution is 7.86. The van der Waals surface area contributed by atoms with Crippen LogP contribution in [0.5, 0.6) is 0 Å². The van der Waals surface area contributed by atoms with Crippen LogP contribution in [0, 0.1) is 5.41 Å². The number of carbonyl (C=O) groups is 1. The van der Waals surface area contributed by atoms with Crippen molar-refractivity contribution in [3.8, 4) is 0 Å². The SMILES string of the molecule is CCC1(C)COC(C(F)(F)F)(C(F)(F)F)N(OS(=O)(=O)c2ccccc2)C1=O. The largest absolute Gasteiger partial charge is 0.448 e. The molecule has 13 heteroatoms. The first kappa shape index (κ1) is 22.4. The molecule has 0 bridgehead atoms. The van der Waals surface area contributed by atoms with Crippen LogP contribution in [0.3, 0.4) is 0 Å². The molecular weight excluding hydrogens is 420 g/mol. The summed E-state index contributed by atoms with van der Waals surface area (Å²) in [5, 5.41) is -1.25. The fourth-order valence-electron chi connectivity index (χ4n) is 2.39. The first-order valence-corrected chi connectivity index (χ1v) is 9.15. The summed E-state index contributed by atoms with van der Waals surface area (Å²) in [4.78, 5) is 11.8. The topological polar surface area (TPSA) is 72.9 Å². The minimum Gasteiger partial charge on any atom is -0.338 e. The van der Waals surface area contributed by atoms with Crippen molar-refractivity contribution in [2.24, 2.45) is 5.41 Å². The fourth-order valence-corrected chi connectivity index (χ4v) is 3.34. The van der Waals surface area contributed by atoms with Crippen LogP contribution in [-0.2, 0) is 23.9 Å². The normalized spacial score (nSPS) is 23.7. The number of amides is 1. The number of halogens is 6. The van der Waals surface area contributed by atoms with Gasteiger partial charge in [0, 0.05) is 0 Å². The Morgan fingerprint density at radius 3 is 2.04 bits per heavy atom. The van der Waals surface area contributed by atoms with Crippen molar-refractivity contribution < 1.29 is 48.6 Å². The van der Waals surface area contributed by atoms with E-state index in [1.54, 1.807) is 0 Å². The number of ether oxygens (including phenoxy) is 1. The molecular formula is C15H15F6NO5S. The first-order valence-electron chi connectivity index (χ1n) is 7.74. The summed E-state index contributed by atoms with van der Waals surface area (Å²) < 4.78 is 114. The van der Waals surface area contributed by atoms with Gasteiger partial charge in [-0.1, -0.05) is 25.1 Å². The standard InChI is InChI=1S/C15H15F6NO5S/c1-3-12(2)9-26-13(14(16,17)18,15(19,20)21)22(11(12)23)27-28(24,25)10-7-5-4-6-8-10/h4-8H,3,9H2,1-2H3. The monoisotopic (exact) mass is 435 g/mol. The summed E-state index contributed by atoms with van der Waals surface area (Å²) in [6, 6.07) is 5.46. The van der Waals surface area contributed by atoms with Gasteiger partial charge in [-0.15, -0.1) is 4.28 Å². The maximum Gasteiger partial charge on any atom is 0.448 e. The Hall–Kier alpha value is -1.86. The summed E-state index contributed by atoms with van der Waals surface area (Å²) in [5.74, 6) is -1.82. The molecule has 1 aromatic carbocycles. The van der Waals surface area contributed by atoms with Gasteiger partial charge >= 0.3 is 28.2 Å². The van der Waals surface area contributed by atoms with Crippen molar-refractivity contribution in [1.82, 2.24) is 5.06 Å². The minimum absolute atomic E-state index is 0.233. The third-order valence-corrected chi connectivity index (χ3v) is 5.53. The predicted octanol–water partition coefficient (Wildman–Crippen LogP) is 3.40. The van der Waals surface area contributed by atoms with E-state index < -0.39 is 56.1 Å². The molecule has 158 valence electrons. The van der Waals surface area contributed by atoms with Crippen molar-refractivity contribution >= 4 is 16.0 Å². The average molecular weight is 435 g/mol. The van der Waals surface area contributed by atoms with Gasteiger partial charge in [-0.25, -0.2) is 0 Å². The van der Waals surface area contributed by atoms with Gasteiger partial charge in [0.25, 0.3) is 5.91 Å². The molecule has 0 aliphatic carbocycles. The van der Waals surface area contributed by atoms with Crippen LogP contribution in [0.1, 0.15) is 20.3 Å². The molecule has 1 heterocycles. The second kappa shape index (κ2) is 6.88. The van der Waals surface area contributed by atoms with Gasteiger partial charge in [0.15, 0.2) is 0 Å². The summed E-state index contributed by atoms with van der Waals surface area (Å²) >= 11 is 0. The van der Waals surface area contributed by atoms with Crippen molar-refractivity contribution in [2.45, 2.75) is 43.2 Å². The van der Waals surface area contributed by atoms with Crippen LogP contribution in [0.4, 0.5) is 26.3 Å². The zero-order chi connectivity index (χ0) is 21.6. The van der Waals surface area contributed by atoms with Crippen LogP contribution in [-0.4, -0.2) is 44.1 Å². The second-order valence-corrected chi connectivity index (χ2v) is 7.81. The molecule has 1 unspecified atom stereocenters. The van der Waals surface area contributed by atoms with Gasteiger partial charge in [-0.05, 0) is 25.5 Å². The van der Waals surface area contributed by atoms with Crippen molar-refractivity contribution in [3.63, 3.8) is 0 Å². The molecule has 2 rings (SSSR count). The van der Waals surface area contributed by atoms with E-state index in [0.717, 1.165) is 19.1 Å². The van der Waals surface area contributed by atoms with E-state index in [4.69, 9.17) is 0 Å². The molecule has 1 atom stereocenters. The zero-order valence-electron chi connectivity index (χ0n) is 14.5. The van der Waals surface area contributed by atoms with E-state index in [9.17, 15) is 39.6 Å². The summed E-state index contributed by atoms with van der Waals surface area (Å²) in [7, 11) is -5.22. The van der Waals surface area contributed by atoms with Gasteiger partial charge in [-0.2, -0.15) is 39.8 Å². The third-order valence-electron chi connectivity index (χ3n) is 4.34. The highest BCUT2D eigenvalue weighted by Crippen LogP contribution is 2.53. The molecule has 6 nitrogen and oxygen atoms in total. The van der Waals surface area contributed by atoms with Crippen LogP contribution in [0.2, 0.25) is 0 Å². The van der Waals surface area contributed by atoms with Crippen LogP contribution < -0.4 is 0 Å². The molecule has 0 aromatic heterocycles. The quantitative estimate of drug-likeness (QED) is 0.678. The molecule has 0 spiro atoms. The van der Waals surface area contributed by atoms with Gasteiger partial charge in [-0.3, -0.25) is 4.79 Å². The van der Waals surface area contributed by atoms with Crippen LogP contribution in [0.25, 0.3) is 0 Å². The highest BCUT2D eigenvalue weighted by Gasteiger charge is 2.81. The van der Waals surface area contributed by atoms with Crippen molar-refractivity contribution in [2.75, 3.05) is 6.61 Å². The number of nitrogens with zero attached hydrogens (tertiary/aromatic N) is 1. The number of hydrogen-bond donors (Lipinski definition) is 0. The fraction of sp³-hybridized carbons (Fsp3) is 0.533. The molecule has 1 aliphatic heterocycles. The molecule has 0 radical (unpaired) electrons. The van der Waals surface area contributed by atoms with E-state index in [2.05, 4.69) is 9.02 Å². The van der Waals surface area contributed by atoms with Gasteiger partial charge < -0.3 is 4.74 Å². The smallest absolute Gasteiger partial charge is 0.338 e. The average Bonchev–Trinajstić information content (AvgIpc) is 2.57. The summed E-state index contributed by atoms with van der Waals surface area (Å²) in [5.41, 5.74) is -7.15. The van der Waals surface area contributed by atoms with E-state index in [1.165, 1.54) is 25.1 Å². The molecule has 1 saturated heterocycles. The van der Waals surface area contributed by atoms with Crippen LogP contribution in [0.15, 0.2) is 35.2 Å². The Morgan fingerprint density at radius 2 is 1.61 bits per heavy atom. The number of carbonyl (C=O) groups excluding carboxylic acids is 1. The highest BCUT2D eigenvalue weighted by atomic mass is 32.2. The molecule has 28 heavy (non-hydrogen) atoms. The third kappa shape index (κ3) is 3.46. The number of hydrogen-bond acceptors (Lipinski definition) is 5. The minimum atomic E-state index is -6.25. The number of alkyl halides is 6. The van der Waals surface area contributed by atoms with Crippen LogP contribution >= 0.6 is 0 Å². The molecule has 1 aliphatic rings. The lowest BCUT2D eigenvalue weighted by Crippen LogP contribution is -2.75. The first-order chi connectivity index (χ1) is 12.6. The summed E-state index contributed by atoms with van der Waals surface area (Å²) in [6.45, 7) is 1.11. The van der Waals surface area contributed by atoms with E-state index in [-0.39, 0.29) is 6.42 Å². The number of benzene rings is 1. The molecule has 0 saturated carbocycles. The van der Waals surface area contributed by atoms with Crippen molar-refractivity contribution in [3.05, 3.63) is 30.3 Å². The van der Waals surface area contributed by atoms with E-state index >= 15 is 0 Å². The number of rotatable bonds is 4. The van der Waals surface area contributed by atoms with Gasteiger partial charge in [0.2, 0.25) is 0 Å². The van der Waals surface area contributed by atoms with Gasteiger partial charge in [0.05, 0.1) is 16.9 Å². The molecule has 1 amide bonds. The molecule has 1 aromatic rings. The second-order valence-electron chi connectivity index (χ2n) is 6.28. The Labute approximate surface area is 156 Å². The van der Waals surface area contributed by atoms with Gasteiger partial charge in [0.1, 0.15) is 0 Å². The van der Waals surface area contributed by atoms with E-state index in [0.29, 0.717) is 0 Å². The summed E-state index contributed by atoms with van der Waals surface area (Å²) in [6.07, 6.45) is -12.7. The maximum absolute atomic E-state index is 13.5. The van der Waals surface area contributed by atoms with E-state index in [1.807, 2.05) is 0 Å². The lowest BCUT2D eigenvalue weighted by molar-refractivity contribution is -0.465. The lowest BCUT2D eigenvalue weighted by atomic mass is 9.85. The maximum atomic E-state index is 13.5. The predicted molar refractivity (Wildman–Crippen MR) is 80.7 cm³/mol. The number of hydroxylamine groups is 2. The zero-order valence-corrected chi connectivity index (χ0v) is 15.3. The van der Waals surface area contributed by atoms with Crippen molar-refractivity contribution in [1.29, 1.82) is 0 Å². The molecule has 1 fully saturated rings. The Kier molecular flexibility index (Phi) is 5.51.